The van der Waals surface area contributed by atoms with Gasteiger partial charge in [-0.3, -0.25) is 0 Å². The van der Waals surface area contributed by atoms with Crippen LogP contribution >= 0.6 is 0 Å². The fourth-order valence-electron chi connectivity index (χ4n) is 2.89. The summed E-state index contributed by atoms with van der Waals surface area (Å²) < 4.78 is 18.7. The van der Waals surface area contributed by atoms with Crippen molar-refractivity contribution in [3.05, 3.63) is 53.3 Å². The Morgan fingerprint density at radius 1 is 1.00 bits per heavy atom. The van der Waals surface area contributed by atoms with Crippen LogP contribution in [0.2, 0.25) is 0 Å². The van der Waals surface area contributed by atoms with Crippen LogP contribution in [0.4, 0.5) is 0 Å². The van der Waals surface area contributed by atoms with E-state index >= 15 is 0 Å². The summed E-state index contributed by atoms with van der Waals surface area (Å²) in [6, 6.07) is 12.0. The predicted octanol–water partition coefficient (Wildman–Crippen LogP) is 3.69. The first kappa shape index (κ1) is 20.0. The summed E-state index contributed by atoms with van der Waals surface area (Å²) >= 11 is 0. The minimum absolute atomic E-state index is 0.313. The molecule has 0 spiro atoms. The predicted molar refractivity (Wildman–Crippen MR) is 102 cm³/mol. The maximum absolute atomic E-state index is 11.9. The number of aryl methyl sites for hydroxylation is 2. The van der Waals surface area contributed by atoms with E-state index in [2.05, 4.69) is 30.5 Å². The summed E-state index contributed by atoms with van der Waals surface area (Å²) in [4.78, 5) is 11.9. The highest BCUT2D eigenvalue weighted by molar-refractivity contribution is 5.75. The molecule has 1 unspecified atom stereocenters. The third-order valence-corrected chi connectivity index (χ3v) is 4.26. The molecule has 0 N–H and O–H groups in total. The number of esters is 1. The molecule has 1 aromatic heterocycles. The molecule has 0 radical (unpaired) electrons. The lowest BCUT2D eigenvalue weighted by molar-refractivity contribution is -0.156. The number of carbonyl (C=O) groups is 1. The van der Waals surface area contributed by atoms with Gasteiger partial charge in [0.05, 0.1) is 13.2 Å². The van der Waals surface area contributed by atoms with Gasteiger partial charge in [-0.05, 0) is 57.5 Å². The van der Waals surface area contributed by atoms with Gasteiger partial charge in [0.2, 0.25) is 0 Å². The van der Waals surface area contributed by atoms with Gasteiger partial charge in [-0.1, -0.05) is 12.1 Å². The summed E-state index contributed by atoms with van der Waals surface area (Å²) in [5.74, 6) is 0.507. The molecule has 142 valence electrons. The molecule has 0 aliphatic rings. The summed E-state index contributed by atoms with van der Waals surface area (Å²) in [5, 5.41) is 0. The van der Waals surface area contributed by atoms with E-state index in [9.17, 15) is 4.79 Å². The van der Waals surface area contributed by atoms with Crippen molar-refractivity contribution in [3.8, 4) is 5.75 Å². The monoisotopic (exact) mass is 359 g/mol. The largest absolute Gasteiger partial charge is 0.492 e. The van der Waals surface area contributed by atoms with E-state index in [1.165, 1.54) is 11.4 Å². The van der Waals surface area contributed by atoms with Gasteiger partial charge in [0.15, 0.2) is 6.10 Å². The maximum atomic E-state index is 11.9. The first-order valence-corrected chi connectivity index (χ1v) is 9.17. The van der Waals surface area contributed by atoms with Crippen molar-refractivity contribution in [1.29, 1.82) is 0 Å². The van der Waals surface area contributed by atoms with Crippen molar-refractivity contribution in [2.75, 3.05) is 19.8 Å². The Bertz CT molecular complexity index is 671. The number of nitrogens with zero attached hydrogens (tertiary/aromatic N) is 1. The lowest BCUT2D eigenvalue weighted by Crippen LogP contribution is -2.28. The zero-order valence-corrected chi connectivity index (χ0v) is 16.2. The molecule has 0 saturated carbocycles. The number of rotatable bonds is 10. The van der Waals surface area contributed by atoms with Gasteiger partial charge in [0.25, 0.3) is 0 Å². The van der Waals surface area contributed by atoms with E-state index in [0.29, 0.717) is 26.2 Å². The Morgan fingerprint density at radius 3 is 2.23 bits per heavy atom. The molecule has 0 fully saturated rings. The molecule has 0 aliphatic carbocycles. The van der Waals surface area contributed by atoms with E-state index in [0.717, 1.165) is 17.9 Å². The number of carbonyl (C=O) groups excluding carboxylic acids is 1. The quantitative estimate of drug-likeness (QED) is 0.607. The number of hydrogen-bond donors (Lipinski definition) is 0. The van der Waals surface area contributed by atoms with E-state index < -0.39 is 6.10 Å². The van der Waals surface area contributed by atoms with Crippen molar-refractivity contribution >= 4 is 5.97 Å². The van der Waals surface area contributed by atoms with Crippen LogP contribution in [0.25, 0.3) is 0 Å². The SMILES string of the molecule is CCOC(=O)C(Cc1ccc(OCCn2c(C)ccc2C)cc1)OCC. The Morgan fingerprint density at radius 2 is 1.65 bits per heavy atom. The molecular formula is C21H29NO4. The zero-order valence-electron chi connectivity index (χ0n) is 16.2. The van der Waals surface area contributed by atoms with Crippen LogP contribution in [0, 0.1) is 13.8 Å². The average Bonchev–Trinajstić information content (AvgIpc) is 2.95. The first-order valence-electron chi connectivity index (χ1n) is 9.17. The Kier molecular flexibility index (Phi) is 7.73. The molecule has 5 heteroatoms. The minimum Gasteiger partial charge on any atom is -0.492 e. The number of ether oxygens (including phenoxy) is 3. The second-order valence-electron chi connectivity index (χ2n) is 6.16. The Hall–Kier alpha value is -2.27. The van der Waals surface area contributed by atoms with E-state index in [4.69, 9.17) is 14.2 Å². The van der Waals surface area contributed by atoms with Crippen LogP contribution in [0.3, 0.4) is 0 Å². The highest BCUT2D eigenvalue weighted by Gasteiger charge is 2.20. The molecule has 26 heavy (non-hydrogen) atoms. The van der Waals surface area contributed by atoms with Crippen LogP contribution < -0.4 is 4.74 Å². The smallest absolute Gasteiger partial charge is 0.335 e. The topological polar surface area (TPSA) is 49.7 Å². The van der Waals surface area contributed by atoms with Gasteiger partial charge in [-0.15, -0.1) is 0 Å². The Balaban J connectivity index is 1.87. The van der Waals surface area contributed by atoms with E-state index in [-0.39, 0.29) is 5.97 Å². The van der Waals surface area contributed by atoms with Crippen LogP contribution in [0.15, 0.2) is 36.4 Å². The lowest BCUT2D eigenvalue weighted by atomic mass is 10.1. The zero-order chi connectivity index (χ0) is 18.9. The lowest BCUT2D eigenvalue weighted by Gasteiger charge is -2.16. The Labute approximate surface area is 155 Å². The standard InChI is InChI=1S/C21H29NO4/c1-5-24-20(21(23)25-6-2)15-18-9-11-19(12-10-18)26-14-13-22-16(3)7-8-17(22)4/h7-12,20H,5-6,13-15H2,1-4H3. The first-order chi connectivity index (χ1) is 12.5. The summed E-state index contributed by atoms with van der Waals surface area (Å²) in [7, 11) is 0. The van der Waals surface area contributed by atoms with Crippen LogP contribution in [-0.4, -0.2) is 36.5 Å². The molecule has 1 aromatic carbocycles. The third kappa shape index (κ3) is 5.63. The molecule has 1 heterocycles. The molecule has 5 nitrogen and oxygen atoms in total. The second kappa shape index (κ2) is 10.0. The molecule has 1 atom stereocenters. The van der Waals surface area contributed by atoms with Gasteiger partial charge in [0, 0.05) is 24.4 Å². The van der Waals surface area contributed by atoms with Crippen LogP contribution in [-0.2, 0) is 27.2 Å². The maximum Gasteiger partial charge on any atom is 0.335 e. The van der Waals surface area contributed by atoms with Crippen molar-refractivity contribution in [2.45, 2.75) is 46.8 Å². The molecule has 0 bridgehead atoms. The minimum atomic E-state index is -0.564. The van der Waals surface area contributed by atoms with E-state index in [1.54, 1.807) is 6.92 Å². The highest BCUT2D eigenvalue weighted by atomic mass is 16.6. The van der Waals surface area contributed by atoms with Gasteiger partial charge >= 0.3 is 5.97 Å². The second-order valence-corrected chi connectivity index (χ2v) is 6.16. The van der Waals surface area contributed by atoms with Gasteiger partial charge in [-0.25, -0.2) is 4.79 Å². The molecule has 0 amide bonds. The van der Waals surface area contributed by atoms with Crippen molar-refractivity contribution < 1.29 is 19.0 Å². The van der Waals surface area contributed by atoms with Gasteiger partial charge < -0.3 is 18.8 Å². The van der Waals surface area contributed by atoms with Crippen molar-refractivity contribution in [2.24, 2.45) is 0 Å². The summed E-state index contributed by atoms with van der Waals surface area (Å²) in [6.45, 7) is 10.1. The van der Waals surface area contributed by atoms with Crippen LogP contribution in [0.5, 0.6) is 5.75 Å². The van der Waals surface area contributed by atoms with E-state index in [1.807, 2.05) is 31.2 Å². The fraction of sp³-hybridized carbons (Fsp3) is 0.476. The number of benzene rings is 1. The number of hydrogen-bond acceptors (Lipinski definition) is 4. The number of aromatic nitrogens is 1. The van der Waals surface area contributed by atoms with Crippen molar-refractivity contribution in [1.82, 2.24) is 4.57 Å². The molecule has 2 aromatic rings. The van der Waals surface area contributed by atoms with Gasteiger partial charge in [0.1, 0.15) is 12.4 Å². The average molecular weight is 359 g/mol. The summed E-state index contributed by atoms with van der Waals surface area (Å²) in [6.07, 6.45) is -0.0688. The fourth-order valence-corrected chi connectivity index (χ4v) is 2.89. The molecule has 2 rings (SSSR count). The third-order valence-electron chi connectivity index (χ3n) is 4.26. The van der Waals surface area contributed by atoms with Gasteiger partial charge in [-0.2, -0.15) is 0 Å². The normalized spacial score (nSPS) is 12.0. The van der Waals surface area contributed by atoms with Crippen molar-refractivity contribution in [3.63, 3.8) is 0 Å². The molecule has 0 saturated heterocycles. The highest BCUT2D eigenvalue weighted by Crippen LogP contribution is 2.15. The summed E-state index contributed by atoms with van der Waals surface area (Å²) in [5.41, 5.74) is 3.49. The molecular weight excluding hydrogens is 330 g/mol. The van der Waals surface area contributed by atoms with Crippen LogP contribution in [0.1, 0.15) is 30.8 Å². The molecule has 0 aliphatic heterocycles.